The Morgan fingerprint density at radius 1 is 1.14 bits per heavy atom. The summed E-state index contributed by atoms with van der Waals surface area (Å²) >= 11 is 0. The lowest BCUT2D eigenvalue weighted by molar-refractivity contribution is -0.121. The first-order valence-electron chi connectivity index (χ1n) is 6.67. The van der Waals surface area contributed by atoms with Crippen molar-refractivity contribution in [2.24, 2.45) is 5.84 Å². The van der Waals surface area contributed by atoms with E-state index in [9.17, 15) is 14.7 Å². The number of aromatic hydroxyl groups is 1. The number of benzene rings is 2. The van der Waals surface area contributed by atoms with E-state index in [0.29, 0.717) is 11.3 Å². The Labute approximate surface area is 127 Å². The van der Waals surface area contributed by atoms with Crippen LogP contribution in [0.4, 0.5) is 0 Å². The van der Waals surface area contributed by atoms with E-state index in [2.05, 4.69) is 0 Å². The molecule has 2 aromatic carbocycles. The minimum absolute atomic E-state index is 0.0992. The van der Waals surface area contributed by atoms with E-state index >= 15 is 0 Å². The van der Waals surface area contributed by atoms with Crippen LogP contribution in [0.3, 0.4) is 0 Å². The fourth-order valence-corrected chi connectivity index (χ4v) is 1.87. The van der Waals surface area contributed by atoms with E-state index in [4.69, 9.17) is 10.6 Å². The van der Waals surface area contributed by atoms with Gasteiger partial charge in [-0.3, -0.25) is 15.0 Å². The van der Waals surface area contributed by atoms with Gasteiger partial charge in [0.05, 0.1) is 18.6 Å². The van der Waals surface area contributed by atoms with Gasteiger partial charge in [0.2, 0.25) is 5.91 Å². The molecule has 0 fully saturated rings. The highest BCUT2D eigenvalue weighted by Crippen LogP contribution is 2.25. The van der Waals surface area contributed by atoms with Crippen LogP contribution < -0.4 is 16.0 Å². The lowest BCUT2D eigenvalue weighted by Crippen LogP contribution is -2.31. The molecule has 0 spiro atoms. The molecule has 114 valence electrons. The first-order chi connectivity index (χ1) is 10.6. The van der Waals surface area contributed by atoms with Crippen molar-refractivity contribution in [1.82, 2.24) is 5.43 Å². The maximum absolute atomic E-state index is 12.3. The number of hydrogen-bond donors (Lipinski definition) is 3. The molecule has 1 amide bonds. The fraction of sp³-hybridized carbons (Fsp3) is 0.125. The summed E-state index contributed by atoms with van der Waals surface area (Å²) in [5.41, 5.74) is 2.68. The van der Waals surface area contributed by atoms with E-state index in [1.54, 1.807) is 30.3 Å². The summed E-state index contributed by atoms with van der Waals surface area (Å²) in [5, 5.41) is 9.98. The third-order valence-electron chi connectivity index (χ3n) is 3.01. The molecule has 0 aliphatic heterocycles. The van der Waals surface area contributed by atoms with Crippen LogP contribution in [0, 0.1) is 0 Å². The number of hydrazine groups is 1. The van der Waals surface area contributed by atoms with Gasteiger partial charge in [0.25, 0.3) is 0 Å². The summed E-state index contributed by atoms with van der Waals surface area (Å²) in [6, 6.07) is 13.1. The van der Waals surface area contributed by atoms with Gasteiger partial charge in [-0.1, -0.05) is 30.3 Å². The zero-order valence-electron chi connectivity index (χ0n) is 11.8. The summed E-state index contributed by atoms with van der Waals surface area (Å²) in [7, 11) is 0. The summed E-state index contributed by atoms with van der Waals surface area (Å²) in [6.07, 6.45) is 0.0992. The van der Waals surface area contributed by atoms with Gasteiger partial charge in [0.15, 0.2) is 5.78 Å². The van der Waals surface area contributed by atoms with Gasteiger partial charge >= 0.3 is 0 Å². The molecular weight excluding hydrogens is 284 g/mol. The van der Waals surface area contributed by atoms with Crippen molar-refractivity contribution >= 4 is 11.7 Å². The monoisotopic (exact) mass is 300 g/mol. The summed E-state index contributed by atoms with van der Waals surface area (Å²) in [5.74, 6) is 4.53. The number of hydrogen-bond acceptors (Lipinski definition) is 5. The quantitative estimate of drug-likeness (QED) is 0.324. The summed E-state index contributed by atoms with van der Waals surface area (Å²) in [6.45, 7) is 0.119. The highest BCUT2D eigenvalue weighted by atomic mass is 16.5. The summed E-state index contributed by atoms with van der Waals surface area (Å²) < 4.78 is 5.31. The van der Waals surface area contributed by atoms with Gasteiger partial charge in [-0.2, -0.15) is 0 Å². The van der Waals surface area contributed by atoms with Crippen LogP contribution in [0.2, 0.25) is 0 Å². The Kier molecular flexibility index (Phi) is 5.11. The molecule has 0 aliphatic rings. The Bertz CT molecular complexity index is 671. The van der Waals surface area contributed by atoms with Gasteiger partial charge in [-0.15, -0.1) is 0 Å². The van der Waals surface area contributed by atoms with Gasteiger partial charge < -0.3 is 9.84 Å². The molecule has 0 atom stereocenters. The van der Waals surface area contributed by atoms with Gasteiger partial charge in [-0.05, 0) is 12.1 Å². The molecule has 4 N–H and O–H groups in total. The first kappa shape index (κ1) is 15.5. The van der Waals surface area contributed by atoms with Crippen LogP contribution in [0.15, 0.2) is 48.5 Å². The molecule has 0 saturated heterocycles. The van der Waals surface area contributed by atoms with Gasteiger partial charge in [0.1, 0.15) is 11.5 Å². The van der Waals surface area contributed by atoms with Gasteiger partial charge in [0, 0.05) is 11.6 Å². The van der Waals surface area contributed by atoms with E-state index in [1.165, 1.54) is 12.1 Å². The van der Waals surface area contributed by atoms with E-state index in [0.717, 1.165) is 0 Å². The molecule has 0 aliphatic carbocycles. The van der Waals surface area contributed by atoms with Crippen LogP contribution in [-0.4, -0.2) is 23.4 Å². The maximum atomic E-state index is 12.3. The molecule has 0 saturated carbocycles. The molecule has 2 rings (SSSR count). The Morgan fingerprint density at radius 3 is 2.50 bits per heavy atom. The van der Waals surface area contributed by atoms with Crippen LogP contribution in [0.1, 0.15) is 22.3 Å². The zero-order chi connectivity index (χ0) is 15.9. The number of phenols is 1. The van der Waals surface area contributed by atoms with Crippen molar-refractivity contribution < 1.29 is 19.4 Å². The maximum Gasteiger partial charge on any atom is 0.237 e. The molecule has 2 aromatic rings. The molecule has 6 nitrogen and oxygen atoms in total. The van der Waals surface area contributed by atoms with Crippen molar-refractivity contribution in [3.8, 4) is 11.5 Å². The molecule has 22 heavy (non-hydrogen) atoms. The third-order valence-corrected chi connectivity index (χ3v) is 3.01. The Hall–Kier alpha value is -2.86. The Balaban J connectivity index is 2.07. The number of phenolic OH excluding ortho intramolecular Hbond substituents is 1. The predicted octanol–water partition coefficient (Wildman–Crippen LogP) is 1.38. The second-order valence-corrected chi connectivity index (χ2v) is 4.54. The number of rotatable bonds is 6. The standard InChI is InChI=1S/C16H16N2O4/c17-18-15(20)8-9-22-12-6-7-13(14(19)10-12)16(21)11-4-2-1-3-5-11/h1-7,10,19H,8-9,17H2,(H,18,20). The zero-order valence-corrected chi connectivity index (χ0v) is 11.8. The average Bonchev–Trinajstić information content (AvgIpc) is 2.55. The molecule has 0 unspecified atom stereocenters. The van der Waals surface area contributed by atoms with E-state index < -0.39 is 0 Å². The number of nitrogens with one attached hydrogen (secondary N) is 1. The second-order valence-electron chi connectivity index (χ2n) is 4.54. The number of carbonyl (C=O) groups is 2. The molecule has 0 heterocycles. The fourth-order valence-electron chi connectivity index (χ4n) is 1.87. The van der Waals surface area contributed by atoms with Gasteiger partial charge in [-0.25, -0.2) is 5.84 Å². The van der Waals surface area contributed by atoms with Crippen molar-refractivity contribution in [3.05, 3.63) is 59.7 Å². The topological polar surface area (TPSA) is 102 Å². The lowest BCUT2D eigenvalue weighted by Gasteiger charge is -2.08. The minimum atomic E-state index is -0.347. The highest BCUT2D eigenvalue weighted by Gasteiger charge is 2.14. The number of ketones is 1. The molecule has 0 bridgehead atoms. The third kappa shape index (κ3) is 3.83. The SMILES string of the molecule is NNC(=O)CCOc1ccc(C(=O)c2ccccc2)c(O)c1. The smallest absolute Gasteiger partial charge is 0.237 e. The largest absolute Gasteiger partial charge is 0.507 e. The molecule has 6 heteroatoms. The second kappa shape index (κ2) is 7.24. The number of carbonyl (C=O) groups excluding carboxylic acids is 2. The normalized spacial score (nSPS) is 10.0. The van der Waals surface area contributed by atoms with Crippen molar-refractivity contribution in [1.29, 1.82) is 0 Å². The van der Waals surface area contributed by atoms with Crippen LogP contribution in [0.5, 0.6) is 11.5 Å². The predicted molar refractivity (Wildman–Crippen MR) is 80.4 cm³/mol. The van der Waals surface area contributed by atoms with E-state index in [-0.39, 0.29) is 36.0 Å². The molecular formula is C16H16N2O4. The number of amides is 1. The van der Waals surface area contributed by atoms with Crippen molar-refractivity contribution in [2.75, 3.05) is 6.61 Å². The lowest BCUT2D eigenvalue weighted by atomic mass is 10.0. The first-order valence-corrected chi connectivity index (χ1v) is 6.67. The highest BCUT2D eigenvalue weighted by molar-refractivity contribution is 6.10. The van der Waals surface area contributed by atoms with E-state index in [1.807, 2.05) is 11.5 Å². The van der Waals surface area contributed by atoms with Crippen molar-refractivity contribution in [2.45, 2.75) is 6.42 Å². The average molecular weight is 300 g/mol. The van der Waals surface area contributed by atoms with Crippen LogP contribution in [-0.2, 0) is 4.79 Å². The van der Waals surface area contributed by atoms with Crippen molar-refractivity contribution in [3.63, 3.8) is 0 Å². The molecule has 0 aromatic heterocycles. The number of ether oxygens (including phenoxy) is 1. The minimum Gasteiger partial charge on any atom is -0.507 e. The number of nitrogens with two attached hydrogens (primary N) is 1. The van der Waals surface area contributed by atoms with Crippen LogP contribution in [0.25, 0.3) is 0 Å². The Morgan fingerprint density at radius 2 is 1.86 bits per heavy atom. The molecule has 0 radical (unpaired) electrons. The van der Waals surface area contributed by atoms with Crippen LogP contribution >= 0.6 is 0 Å². The summed E-state index contributed by atoms with van der Waals surface area (Å²) in [4.78, 5) is 23.2.